The van der Waals surface area contributed by atoms with Gasteiger partial charge in [0.2, 0.25) is 10.0 Å². The molecule has 0 aliphatic carbocycles. The summed E-state index contributed by atoms with van der Waals surface area (Å²) in [6.45, 7) is 4.95. The summed E-state index contributed by atoms with van der Waals surface area (Å²) in [4.78, 5) is 20.4. The summed E-state index contributed by atoms with van der Waals surface area (Å²) < 4.78 is 27.0. The van der Waals surface area contributed by atoms with Gasteiger partial charge in [-0.05, 0) is 49.9 Å². The van der Waals surface area contributed by atoms with Crippen LogP contribution in [0.4, 0.5) is 5.69 Å². The number of nitrogens with zero attached hydrogens (tertiary/aromatic N) is 3. The summed E-state index contributed by atoms with van der Waals surface area (Å²) in [6.07, 6.45) is 4.86. The van der Waals surface area contributed by atoms with Gasteiger partial charge < -0.3 is 5.32 Å². The van der Waals surface area contributed by atoms with E-state index in [0.29, 0.717) is 24.7 Å². The number of anilines is 1. The van der Waals surface area contributed by atoms with Gasteiger partial charge in [-0.25, -0.2) is 13.4 Å². The minimum atomic E-state index is -3.50. The zero-order chi connectivity index (χ0) is 18.7. The fraction of sp³-hybridized carbons (Fsp3) is 0.389. The number of carbonyl (C=O) groups excluding carboxylic acids is 1. The molecule has 1 fully saturated rings. The summed E-state index contributed by atoms with van der Waals surface area (Å²) in [7, 11) is -3.50. The van der Waals surface area contributed by atoms with Crippen LogP contribution in [0.15, 0.2) is 41.6 Å². The van der Waals surface area contributed by atoms with Gasteiger partial charge in [0.15, 0.2) is 0 Å². The number of benzene rings is 1. The molecule has 138 valence electrons. The third kappa shape index (κ3) is 4.08. The smallest absolute Gasteiger partial charge is 0.275 e. The Kier molecular flexibility index (Phi) is 5.33. The molecule has 0 saturated carbocycles. The Morgan fingerprint density at radius 2 is 1.92 bits per heavy atom. The molecular weight excluding hydrogens is 352 g/mol. The number of hydrogen-bond donors (Lipinski definition) is 1. The quantitative estimate of drug-likeness (QED) is 0.887. The molecule has 1 unspecified atom stereocenters. The van der Waals surface area contributed by atoms with E-state index in [-0.39, 0.29) is 10.6 Å². The number of amides is 1. The summed E-state index contributed by atoms with van der Waals surface area (Å²) in [5.41, 5.74) is 1.43. The fourth-order valence-corrected chi connectivity index (χ4v) is 4.53. The van der Waals surface area contributed by atoms with Gasteiger partial charge in [0.1, 0.15) is 5.69 Å². The second kappa shape index (κ2) is 7.51. The monoisotopic (exact) mass is 374 g/mol. The van der Waals surface area contributed by atoms with Crippen molar-refractivity contribution >= 4 is 21.6 Å². The lowest BCUT2D eigenvalue weighted by molar-refractivity contribution is 0.102. The normalized spacial score (nSPS) is 18.5. The first-order valence-corrected chi connectivity index (χ1v) is 10.0. The molecule has 7 nitrogen and oxygen atoms in total. The van der Waals surface area contributed by atoms with E-state index < -0.39 is 15.9 Å². The molecule has 26 heavy (non-hydrogen) atoms. The van der Waals surface area contributed by atoms with Crippen LogP contribution in [0.1, 0.15) is 35.9 Å². The van der Waals surface area contributed by atoms with E-state index in [1.165, 1.54) is 28.8 Å². The third-order valence-electron chi connectivity index (χ3n) is 4.38. The van der Waals surface area contributed by atoms with Crippen LogP contribution in [-0.4, -0.2) is 41.7 Å². The first kappa shape index (κ1) is 18.5. The Bertz CT molecular complexity index is 880. The highest BCUT2D eigenvalue weighted by atomic mass is 32.2. The minimum Gasteiger partial charge on any atom is -0.321 e. The lowest BCUT2D eigenvalue weighted by atomic mass is 10.0. The Morgan fingerprint density at radius 1 is 1.19 bits per heavy atom. The summed E-state index contributed by atoms with van der Waals surface area (Å²) in [5, 5.41) is 2.69. The minimum absolute atomic E-state index is 0.203. The van der Waals surface area contributed by atoms with E-state index >= 15 is 0 Å². The molecule has 0 radical (unpaired) electrons. The van der Waals surface area contributed by atoms with Crippen LogP contribution in [0.5, 0.6) is 0 Å². The molecule has 8 heteroatoms. The van der Waals surface area contributed by atoms with Gasteiger partial charge in [0.05, 0.1) is 16.8 Å². The van der Waals surface area contributed by atoms with Gasteiger partial charge in [-0.3, -0.25) is 9.78 Å². The van der Waals surface area contributed by atoms with Crippen LogP contribution >= 0.6 is 0 Å². The number of nitrogens with one attached hydrogen (secondary N) is 1. The van der Waals surface area contributed by atoms with Crippen molar-refractivity contribution in [1.29, 1.82) is 0 Å². The third-order valence-corrected chi connectivity index (χ3v) is 6.26. The highest BCUT2D eigenvalue weighted by Crippen LogP contribution is 2.24. The van der Waals surface area contributed by atoms with Crippen molar-refractivity contribution in [1.82, 2.24) is 14.3 Å². The number of rotatable bonds is 4. The van der Waals surface area contributed by atoms with E-state index in [2.05, 4.69) is 22.2 Å². The standard InChI is InChI=1S/C18H22N4O3S/c1-13-4-3-9-22(12-13)26(24,25)16-7-5-15(6-8-16)21-18(23)17-11-19-14(2)10-20-17/h5-8,10-11,13H,3-4,9,12H2,1-2H3,(H,21,23). The first-order chi connectivity index (χ1) is 12.4. The van der Waals surface area contributed by atoms with Crippen LogP contribution in [0.2, 0.25) is 0 Å². The van der Waals surface area contributed by atoms with Crippen molar-refractivity contribution in [3.8, 4) is 0 Å². The number of hydrogen-bond acceptors (Lipinski definition) is 5. The second-order valence-electron chi connectivity index (χ2n) is 6.63. The molecule has 0 bridgehead atoms. The molecule has 1 amide bonds. The molecule has 3 rings (SSSR count). The fourth-order valence-electron chi connectivity index (χ4n) is 2.93. The molecule has 2 aromatic rings. The van der Waals surface area contributed by atoms with Crippen molar-refractivity contribution in [3.63, 3.8) is 0 Å². The zero-order valence-corrected chi connectivity index (χ0v) is 15.7. The zero-order valence-electron chi connectivity index (χ0n) is 14.8. The number of aryl methyl sites for hydroxylation is 1. The molecule has 2 heterocycles. The van der Waals surface area contributed by atoms with Crippen molar-refractivity contribution in [2.45, 2.75) is 31.6 Å². The maximum Gasteiger partial charge on any atom is 0.275 e. The Hall–Kier alpha value is -2.32. The van der Waals surface area contributed by atoms with Crippen molar-refractivity contribution in [2.24, 2.45) is 5.92 Å². The molecule has 0 spiro atoms. The number of piperidine rings is 1. The predicted molar refractivity (Wildman–Crippen MR) is 98.3 cm³/mol. The maximum atomic E-state index is 12.7. The molecule has 1 aromatic heterocycles. The number of aromatic nitrogens is 2. The summed E-state index contributed by atoms with van der Waals surface area (Å²) in [5.74, 6) is -0.0225. The van der Waals surface area contributed by atoms with Crippen molar-refractivity contribution in [2.75, 3.05) is 18.4 Å². The molecule has 1 atom stereocenters. The van der Waals surface area contributed by atoms with Crippen LogP contribution in [-0.2, 0) is 10.0 Å². The van der Waals surface area contributed by atoms with Crippen molar-refractivity contribution < 1.29 is 13.2 Å². The highest BCUT2D eigenvalue weighted by molar-refractivity contribution is 7.89. The van der Waals surface area contributed by atoms with E-state index in [1.54, 1.807) is 19.1 Å². The number of carbonyl (C=O) groups is 1. The lowest BCUT2D eigenvalue weighted by Crippen LogP contribution is -2.39. The summed E-state index contributed by atoms with van der Waals surface area (Å²) >= 11 is 0. The molecule has 1 aliphatic heterocycles. The van der Waals surface area contributed by atoms with Crippen molar-refractivity contribution in [3.05, 3.63) is 48.0 Å². The Labute approximate surface area is 153 Å². The molecule has 1 aromatic carbocycles. The van der Waals surface area contributed by atoms with E-state index in [0.717, 1.165) is 18.5 Å². The predicted octanol–water partition coefficient (Wildman–Crippen LogP) is 2.46. The van der Waals surface area contributed by atoms with Gasteiger partial charge in [0.25, 0.3) is 5.91 Å². The molecule has 1 N–H and O–H groups in total. The summed E-state index contributed by atoms with van der Waals surface area (Å²) in [6, 6.07) is 6.20. The van der Waals surface area contributed by atoms with Gasteiger partial charge in [-0.1, -0.05) is 6.92 Å². The average molecular weight is 374 g/mol. The van der Waals surface area contributed by atoms with Gasteiger partial charge in [0, 0.05) is 25.0 Å². The van der Waals surface area contributed by atoms with E-state index in [9.17, 15) is 13.2 Å². The highest BCUT2D eigenvalue weighted by Gasteiger charge is 2.28. The van der Waals surface area contributed by atoms with Crippen LogP contribution in [0, 0.1) is 12.8 Å². The molecular formula is C18H22N4O3S. The maximum absolute atomic E-state index is 12.7. The van der Waals surface area contributed by atoms with E-state index in [1.807, 2.05) is 0 Å². The van der Waals surface area contributed by atoms with Crippen LogP contribution < -0.4 is 5.32 Å². The topological polar surface area (TPSA) is 92.3 Å². The second-order valence-corrected chi connectivity index (χ2v) is 8.57. The van der Waals surface area contributed by atoms with Gasteiger partial charge in [-0.2, -0.15) is 4.31 Å². The molecule has 1 aliphatic rings. The Balaban J connectivity index is 1.71. The first-order valence-electron chi connectivity index (χ1n) is 8.56. The van der Waals surface area contributed by atoms with Crippen LogP contribution in [0.25, 0.3) is 0 Å². The van der Waals surface area contributed by atoms with Gasteiger partial charge >= 0.3 is 0 Å². The SMILES string of the molecule is Cc1cnc(C(=O)Nc2ccc(S(=O)(=O)N3CCCC(C)C3)cc2)cn1. The van der Waals surface area contributed by atoms with E-state index in [4.69, 9.17) is 0 Å². The lowest BCUT2D eigenvalue weighted by Gasteiger charge is -2.30. The Morgan fingerprint density at radius 3 is 2.54 bits per heavy atom. The number of sulfonamides is 1. The largest absolute Gasteiger partial charge is 0.321 e. The van der Waals surface area contributed by atoms with Crippen LogP contribution in [0.3, 0.4) is 0 Å². The molecule has 1 saturated heterocycles. The average Bonchev–Trinajstić information content (AvgIpc) is 2.62. The van der Waals surface area contributed by atoms with Gasteiger partial charge in [-0.15, -0.1) is 0 Å².